The van der Waals surface area contributed by atoms with Gasteiger partial charge in [0, 0.05) is 39.1 Å². The third-order valence-corrected chi connectivity index (χ3v) is 3.57. The summed E-state index contributed by atoms with van der Waals surface area (Å²) in [6, 6.07) is 10.3. The molecule has 0 spiro atoms. The van der Waals surface area contributed by atoms with Gasteiger partial charge in [-0.25, -0.2) is 4.98 Å². The van der Waals surface area contributed by atoms with Gasteiger partial charge in [0.1, 0.15) is 5.82 Å². The highest BCUT2D eigenvalue weighted by atomic mass is 127. The summed E-state index contributed by atoms with van der Waals surface area (Å²) in [5.74, 6) is 1.93. The van der Waals surface area contributed by atoms with Crippen LogP contribution in [-0.2, 0) is 13.1 Å². The summed E-state index contributed by atoms with van der Waals surface area (Å²) in [5, 5.41) is 6.67. The van der Waals surface area contributed by atoms with E-state index in [-0.39, 0.29) is 24.0 Å². The Labute approximate surface area is 155 Å². The molecule has 0 unspecified atom stereocenters. The number of benzene rings is 1. The maximum atomic E-state index is 4.24. The molecule has 0 aliphatic heterocycles. The first-order valence-electron chi connectivity index (χ1n) is 7.76. The zero-order valence-corrected chi connectivity index (χ0v) is 16.2. The van der Waals surface area contributed by atoms with Crippen LogP contribution >= 0.6 is 24.0 Å². The van der Waals surface area contributed by atoms with Crippen molar-refractivity contribution < 1.29 is 0 Å². The number of rotatable bonds is 7. The Hall–Kier alpha value is -1.57. The van der Waals surface area contributed by atoms with Crippen LogP contribution in [0.2, 0.25) is 0 Å². The molecular formula is C17H26IN5. The van der Waals surface area contributed by atoms with Crippen LogP contribution in [0.15, 0.2) is 47.7 Å². The largest absolute Gasteiger partial charge is 0.356 e. The number of aryl methyl sites for hydroxylation is 2. The van der Waals surface area contributed by atoms with Gasteiger partial charge in [-0.05, 0) is 25.3 Å². The Morgan fingerprint density at radius 1 is 1.17 bits per heavy atom. The molecular weight excluding hydrogens is 401 g/mol. The van der Waals surface area contributed by atoms with Crippen LogP contribution < -0.4 is 10.6 Å². The van der Waals surface area contributed by atoms with E-state index in [1.807, 2.05) is 37.5 Å². The smallest absolute Gasteiger partial charge is 0.191 e. The van der Waals surface area contributed by atoms with Gasteiger partial charge < -0.3 is 15.2 Å². The maximum Gasteiger partial charge on any atom is 0.191 e. The van der Waals surface area contributed by atoms with Crippen LogP contribution in [0.1, 0.15) is 24.2 Å². The first kappa shape index (κ1) is 19.5. The van der Waals surface area contributed by atoms with E-state index >= 15 is 0 Å². The molecule has 126 valence electrons. The van der Waals surface area contributed by atoms with Gasteiger partial charge in [0.15, 0.2) is 5.96 Å². The van der Waals surface area contributed by atoms with Crippen LogP contribution in [0.25, 0.3) is 0 Å². The molecule has 1 heterocycles. The number of hydrogen-bond donors (Lipinski definition) is 2. The molecule has 0 aliphatic carbocycles. The predicted molar refractivity (Wildman–Crippen MR) is 106 cm³/mol. The molecule has 0 fully saturated rings. The van der Waals surface area contributed by atoms with E-state index in [9.17, 15) is 0 Å². The summed E-state index contributed by atoms with van der Waals surface area (Å²) in [6.45, 7) is 4.76. The summed E-state index contributed by atoms with van der Waals surface area (Å²) < 4.78 is 2.18. The number of unbranched alkanes of at least 4 members (excludes halogenated alkanes) is 1. The van der Waals surface area contributed by atoms with Gasteiger partial charge in [-0.15, -0.1) is 24.0 Å². The molecule has 0 saturated heterocycles. The van der Waals surface area contributed by atoms with Crippen molar-refractivity contribution in [3.05, 3.63) is 54.1 Å². The number of hydrogen-bond acceptors (Lipinski definition) is 2. The summed E-state index contributed by atoms with van der Waals surface area (Å²) in [7, 11) is 1.80. The van der Waals surface area contributed by atoms with Gasteiger partial charge in [0.25, 0.3) is 0 Å². The third-order valence-electron chi connectivity index (χ3n) is 3.57. The van der Waals surface area contributed by atoms with Crippen molar-refractivity contribution in [2.45, 2.75) is 32.9 Å². The number of guanidine groups is 1. The van der Waals surface area contributed by atoms with Crippen molar-refractivity contribution in [3.63, 3.8) is 0 Å². The molecule has 0 saturated carbocycles. The second-order valence-electron chi connectivity index (χ2n) is 5.21. The van der Waals surface area contributed by atoms with Crippen molar-refractivity contribution in [2.24, 2.45) is 4.99 Å². The highest BCUT2D eigenvalue weighted by molar-refractivity contribution is 14.0. The predicted octanol–water partition coefficient (Wildman–Crippen LogP) is 2.95. The lowest BCUT2D eigenvalue weighted by Crippen LogP contribution is -2.37. The quantitative estimate of drug-likeness (QED) is 0.309. The number of aromatic nitrogens is 2. The lowest BCUT2D eigenvalue weighted by Gasteiger charge is -2.12. The molecule has 0 bridgehead atoms. The first-order chi connectivity index (χ1) is 10.8. The van der Waals surface area contributed by atoms with Crippen molar-refractivity contribution >= 4 is 29.9 Å². The third kappa shape index (κ3) is 7.02. The van der Waals surface area contributed by atoms with Gasteiger partial charge in [0.05, 0.1) is 0 Å². The number of nitrogens with zero attached hydrogens (tertiary/aromatic N) is 3. The number of aliphatic imine (C=N–C) groups is 1. The average Bonchev–Trinajstić information content (AvgIpc) is 2.96. The monoisotopic (exact) mass is 427 g/mol. The molecule has 5 nitrogen and oxygen atoms in total. The van der Waals surface area contributed by atoms with Gasteiger partial charge in [-0.2, -0.15) is 0 Å². The minimum Gasteiger partial charge on any atom is -0.356 e. The molecule has 0 atom stereocenters. The fourth-order valence-corrected chi connectivity index (χ4v) is 2.26. The van der Waals surface area contributed by atoms with Crippen molar-refractivity contribution in [1.29, 1.82) is 0 Å². The zero-order chi connectivity index (χ0) is 15.6. The first-order valence-corrected chi connectivity index (χ1v) is 7.76. The maximum absolute atomic E-state index is 4.24. The zero-order valence-electron chi connectivity index (χ0n) is 13.8. The fraction of sp³-hybridized carbons (Fsp3) is 0.412. The molecule has 2 rings (SSSR count). The molecule has 0 amide bonds. The highest BCUT2D eigenvalue weighted by Gasteiger charge is 1.99. The fourth-order valence-electron chi connectivity index (χ4n) is 2.26. The summed E-state index contributed by atoms with van der Waals surface area (Å²) in [6.07, 6.45) is 6.11. The Kier molecular flexibility index (Phi) is 9.35. The second-order valence-corrected chi connectivity index (χ2v) is 5.21. The number of imidazole rings is 1. The van der Waals surface area contributed by atoms with Crippen LogP contribution in [0.3, 0.4) is 0 Å². The summed E-state index contributed by atoms with van der Waals surface area (Å²) in [4.78, 5) is 8.47. The van der Waals surface area contributed by atoms with Crippen molar-refractivity contribution in [3.8, 4) is 0 Å². The lowest BCUT2D eigenvalue weighted by atomic mass is 10.2. The Morgan fingerprint density at radius 2 is 1.96 bits per heavy atom. The molecule has 2 aromatic rings. The van der Waals surface area contributed by atoms with Gasteiger partial charge >= 0.3 is 0 Å². The Bertz CT molecular complexity index is 580. The van der Waals surface area contributed by atoms with E-state index in [1.165, 1.54) is 5.56 Å². The normalized spacial score (nSPS) is 11.0. The molecule has 23 heavy (non-hydrogen) atoms. The number of nitrogens with one attached hydrogen (secondary N) is 2. The van der Waals surface area contributed by atoms with Crippen LogP contribution in [0.4, 0.5) is 0 Å². The SMILES string of the molecule is CN=C(NCCCCn1ccnc1C)NCc1ccccc1.I. The van der Waals surface area contributed by atoms with Gasteiger partial charge in [-0.3, -0.25) is 4.99 Å². The van der Waals surface area contributed by atoms with Crippen molar-refractivity contribution in [2.75, 3.05) is 13.6 Å². The Morgan fingerprint density at radius 3 is 2.61 bits per heavy atom. The van der Waals surface area contributed by atoms with E-state index in [0.717, 1.165) is 44.3 Å². The second kappa shape index (κ2) is 11.0. The molecule has 0 aliphatic rings. The number of halogens is 1. The molecule has 1 aromatic carbocycles. The molecule has 0 radical (unpaired) electrons. The average molecular weight is 427 g/mol. The van der Waals surface area contributed by atoms with E-state index < -0.39 is 0 Å². The summed E-state index contributed by atoms with van der Waals surface area (Å²) >= 11 is 0. The lowest BCUT2D eigenvalue weighted by molar-refractivity contribution is 0.588. The van der Waals surface area contributed by atoms with E-state index in [2.05, 4.69) is 37.3 Å². The molecule has 1 aromatic heterocycles. The van der Waals surface area contributed by atoms with Crippen LogP contribution in [0, 0.1) is 6.92 Å². The van der Waals surface area contributed by atoms with Crippen LogP contribution in [-0.4, -0.2) is 29.1 Å². The van der Waals surface area contributed by atoms with E-state index in [1.54, 1.807) is 7.05 Å². The Balaban J connectivity index is 0.00000264. The van der Waals surface area contributed by atoms with E-state index in [4.69, 9.17) is 0 Å². The van der Waals surface area contributed by atoms with Crippen LogP contribution in [0.5, 0.6) is 0 Å². The summed E-state index contributed by atoms with van der Waals surface area (Å²) in [5.41, 5.74) is 1.25. The molecule has 2 N–H and O–H groups in total. The molecule has 6 heteroatoms. The minimum absolute atomic E-state index is 0. The van der Waals surface area contributed by atoms with Gasteiger partial charge in [0.2, 0.25) is 0 Å². The minimum atomic E-state index is 0. The highest BCUT2D eigenvalue weighted by Crippen LogP contribution is 1.99. The standard InChI is InChI=1S/C17H25N5.HI/c1-15-19-11-13-22(15)12-7-6-10-20-17(18-2)21-14-16-8-4-3-5-9-16;/h3-5,8-9,11,13H,6-7,10,12,14H2,1-2H3,(H2,18,20,21);1H. The van der Waals surface area contributed by atoms with Crippen molar-refractivity contribution in [1.82, 2.24) is 20.2 Å². The van der Waals surface area contributed by atoms with Gasteiger partial charge in [-0.1, -0.05) is 30.3 Å². The van der Waals surface area contributed by atoms with E-state index in [0.29, 0.717) is 0 Å². The topological polar surface area (TPSA) is 54.2 Å².